The minimum atomic E-state index is -0.210. The van der Waals surface area contributed by atoms with E-state index >= 15 is 0 Å². The molecule has 0 heterocycles. The van der Waals surface area contributed by atoms with Gasteiger partial charge in [0.25, 0.3) is 0 Å². The van der Waals surface area contributed by atoms with Gasteiger partial charge in [-0.1, -0.05) is 12.1 Å². The number of hydrogen-bond donors (Lipinski definition) is 0. The Morgan fingerprint density at radius 2 is 2.00 bits per heavy atom. The Balaban J connectivity index is 2.73. The Bertz CT molecular complexity index is 238. The molecular weight excluding hydrogens is 141 g/mol. The Kier molecular flexibility index (Phi) is 2.78. The van der Waals surface area contributed by atoms with Gasteiger partial charge in [-0.2, -0.15) is 0 Å². The van der Waals surface area contributed by atoms with Gasteiger partial charge in [-0.3, -0.25) is 4.99 Å². The van der Waals surface area contributed by atoms with Gasteiger partial charge in [-0.15, -0.1) is 0 Å². The third-order valence-corrected chi connectivity index (χ3v) is 1.29. The zero-order valence-electron chi connectivity index (χ0n) is 6.42. The molecular formula is C9H10FN. The molecule has 0 saturated heterocycles. The highest BCUT2D eigenvalue weighted by atomic mass is 19.1. The van der Waals surface area contributed by atoms with Crippen LogP contribution in [0, 0.1) is 5.82 Å². The van der Waals surface area contributed by atoms with E-state index < -0.39 is 0 Å². The van der Waals surface area contributed by atoms with Crippen molar-refractivity contribution in [3.05, 3.63) is 35.6 Å². The summed E-state index contributed by atoms with van der Waals surface area (Å²) in [6, 6.07) is 6.26. The fourth-order valence-electron chi connectivity index (χ4n) is 0.746. The average Bonchev–Trinajstić information content (AvgIpc) is 2.04. The largest absolute Gasteiger partial charge is 0.293 e. The first-order valence-corrected chi connectivity index (χ1v) is 3.58. The molecule has 0 spiro atoms. The second-order valence-electron chi connectivity index (χ2n) is 2.18. The van der Waals surface area contributed by atoms with E-state index in [1.807, 2.05) is 6.92 Å². The highest BCUT2D eigenvalue weighted by Gasteiger charge is 1.87. The normalized spacial score (nSPS) is 10.7. The van der Waals surface area contributed by atoms with Gasteiger partial charge in [-0.05, 0) is 24.6 Å². The number of nitrogens with zero attached hydrogens (tertiary/aromatic N) is 1. The molecule has 0 aliphatic carbocycles. The van der Waals surface area contributed by atoms with Crippen molar-refractivity contribution in [1.29, 1.82) is 0 Å². The van der Waals surface area contributed by atoms with Crippen LogP contribution < -0.4 is 0 Å². The SMILES string of the molecule is CC/N=C/c1ccc(F)cc1. The molecule has 1 rings (SSSR count). The molecule has 1 aromatic rings. The minimum absolute atomic E-state index is 0.210. The maximum absolute atomic E-state index is 12.4. The van der Waals surface area contributed by atoms with Crippen LogP contribution in [0.5, 0.6) is 0 Å². The molecule has 1 nitrogen and oxygen atoms in total. The fourth-order valence-corrected chi connectivity index (χ4v) is 0.746. The first kappa shape index (κ1) is 7.92. The summed E-state index contributed by atoms with van der Waals surface area (Å²) in [5.41, 5.74) is 0.938. The van der Waals surface area contributed by atoms with E-state index in [1.165, 1.54) is 12.1 Å². The van der Waals surface area contributed by atoms with Gasteiger partial charge in [-0.25, -0.2) is 4.39 Å². The maximum Gasteiger partial charge on any atom is 0.123 e. The molecule has 0 radical (unpaired) electrons. The van der Waals surface area contributed by atoms with Crippen LogP contribution in [0.15, 0.2) is 29.3 Å². The summed E-state index contributed by atoms with van der Waals surface area (Å²) in [7, 11) is 0. The second-order valence-corrected chi connectivity index (χ2v) is 2.18. The monoisotopic (exact) mass is 151 g/mol. The molecule has 0 aliphatic rings. The van der Waals surface area contributed by atoms with E-state index in [4.69, 9.17) is 0 Å². The Morgan fingerprint density at radius 3 is 2.55 bits per heavy atom. The summed E-state index contributed by atoms with van der Waals surface area (Å²) in [5, 5.41) is 0. The van der Waals surface area contributed by atoms with Crippen molar-refractivity contribution >= 4 is 6.21 Å². The Labute approximate surface area is 65.6 Å². The van der Waals surface area contributed by atoms with E-state index in [2.05, 4.69) is 4.99 Å². The number of rotatable bonds is 2. The molecule has 0 saturated carbocycles. The van der Waals surface area contributed by atoms with Crippen LogP contribution in [0.25, 0.3) is 0 Å². The van der Waals surface area contributed by atoms with E-state index in [0.717, 1.165) is 12.1 Å². The molecule has 0 bridgehead atoms. The quantitative estimate of drug-likeness (QED) is 0.575. The fraction of sp³-hybridized carbons (Fsp3) is 0.222. The number of hydrogen-bond acceptors (Lipinski definition) is 1. The third kappa shape index (κ3) is 2.50. The van der Waals surface area contributed by atoms with Gasteiger partial charge in [0.05, 0.1) is 0 Å². The van der Waals surface area contributed by atoms with Crippen LogP contribution >= 0.6 is 0 Å². The van der Waals surface area contributed by atoms with Crippen LogP contribution in [-0.4, -0.2) is 12.8 Å². The molecule has 0 amide bonds. The standard InChI is InChI=1S/C9H10FN/c1-2-11-7-8-3-5-9(10)6-4-8/h3-7H,2H2,1H3/b11-7+. The van der Waals surface area contributed by atoms with Gasteiger partial charge in [0.15, 0.2) is 0 Å². The van der Waals surface area contributed by atoms with Crippen molar-refractivity contribution in [1.82, 2.24) is 0 Å². The second kappa shape index (κ2) is 3.86. The number of benzene rings is 1. The van der Waals surface area contributed by atoms with Gasteiger partial charge in [0.2, 0.25) is 0 Å². The van der Waals surface area contributed by atoms with Crippen molar-refractivity contribution < 1.29 is 4.39 Å². The molecule has 11 heavy (non-hydrogen) atoms. The summed E-state index contributed by atoms with van der Waals surface area (Å²) in [6.07, 6.45) is 1.74. The van der Waals surface area contributed by atoms with Crippen molar-refractivity contribution in [2.24, 2.45) is 4.99 Å². The summed E-state index contributed by atoms with van der Waals surface area (Å²) < 4.78 is 12.4. The average molecular weight is 151 g/mol. The van der Waals surface area contributed by atoms with E-state index in [9.17, 15) is 4.39 Å². The van der Waals surface area contributed by atoms with Crippen molar-refractivity contribution in [2.45, 2.75) is 6.92 Å². The summed E-state index contributed by atoms with van der Waals surface area (Å²) in [6.45, 7) is 2.72. The lowest BCUT2D eigenvalue weighted by Crippen LogP contribution is -1.81. The molecule has 0 unspecified atom stereocenters. The molecule has 0 aromatic heterocycles. The predicted octanol–water partition coefficient (Wildman–Crippen LogP) is 2.26. The Morgan fingerprint density at radius 1 is 1.36 bits per heavy atom. The minimum Gasteiger partial charge on any atom is -0.293 e. The smallest absolute Gasteiger partial charge is 0.123 e. The molecule has 0 N–H and O–H groups in total. The molecule has 0 atom stereocenters. The topological polar surface area (TPSA) is 12.4 Å². The lowest BCUT2D eigenvalue weighted by molar-refractivity contribution is 0.628. The van der Waals surface area contributed by atoms with Gasteiger partial charge < -0.3 is 0 Å². The van der Waals surface area contributed by atoms with Crippen molar-refractivity contribution in [3.8, 4) is 0 Å². The number of halogens is 1. The molecule has 2 heteroatoms. The summed E-state index contributed by atoms with van der Waals surface area (Å²) in [4.78, 5) is 4.02. The van der Waals surface area contributed by atoms with Gasteiger partial charge in [0.1, 0.15) is 5.82 Å². The zero-order chi connectivity index (χ0) is 8.10. The lowest BCUT2D eigenvalue weighted by atomic mass is 10.2. The zero-order valence-corrected chi connectivity index (χ0v) is 6.42. The van der Waals surface area contributed by atoms with Gasteiger partial charge >= 0.3 is 0 Å². The first-order chi connectivity index (χ1) is 5.33. The van der Waals surface area contributed by atoms with Crippen LogP contribution in [0.3, 0.4) is 0 Å². The third-order valence-electron chi connectivity index (χ3n) is 1.29. The highest BCUT2D eigenvalue weighted by Crippen LogP contribution is 1.99. The maximum atomic E-state index is 12.4. The summed E-state index contributed by atoms with van der Waals surface area (Å²) >= 11 is 0. The van der Waals surface area contributed by atoms with Crippen molar-refractivity contribution in [2.75, 3.05) is 6.54 Å². The van der Waals surface area contributed by atoms with Crippen LogP contribution in [0.1, 0.15) is 12.5 Å². The van der Waals surface area contributed by atoms with E-state index in [0.29, 0.717) is 0 Å². The summed E-state index contributed by atoms with van der Waals surface area (Å²) in [5.74, 6) is -0.210. The van der Waals surface area contributed by atoms with E-state index in [1.54, 1.807) is 18.3 Å². The molecule has 0 aliphatic heterocycles. The molecule has 0 fully saturated rings. The lowest BCUT2D eigenvalue weighted by Gasteiger charge is -1.90. The van der Waals surface area contributed by atoms with E-state index in [-0.39, 0.29) is 5.82 Å². The molecule has 1 aromatic carbocycles. The van der Waals surface area contributed by atoms with Gasteiger partial charge in [0, 0.05) is 12.8 Å². The highest BCUT2D eigenvalue weighted by molar-refractivity contribution is 5.79. The number of aliphatic imine (C=N–C) groups is 1. The van der Waals surface area contributed by atoms with Crippen LogP contribution in [-0.2, 0) is 0 Å². The van der Waals surface area contributed by atoms with Crippen LogP contribution in [0.2, 0.25) is 0 Å². The van der Waals surface area contributed by atoms with Crippen LogP contribution in [0.4, 0.5) is 4.39 Å². The predicted molar refractivity (Wildman–Crippen MR) is 44.5 cm³/mol. The molecule has 58 valence electrons. The first-order valence-electron chi connectivity index (χ1n) is 3.58. The Hall–Kier alpha value is -1.18. The van der Waals surface area contributed by atoms with Crippen molar-refractivity contribution in [3.63, 3.8) is 0 Å².